The molecule has 2 heterocycles. The summed E-state index contributed by atoms with van der Waals surface area (Å²) in [5.41, 5.74) is 2.17. The molecule has 0 N–H and O–H groups in total. The molecule has 0 radical (unpaired) electrons. The quantitative estimate of drug-likeness (QED) is 0.506. The molecule has 2 aromatic heterocycles. The van der Waals surface area contributed by atoms with Crippen molar-refractivity contribution in [2.75, 3.05) is 6.61 Å². The van der Waals surface area contributed by atoms with Crippen LogP contribution in [0.1, 0.15) is 46.6 Å². The van der Waals surface area contributed by atoms with Gasteiger partial charge in [0.15, 0.2) is 0 Å². The highest BCUT2D eigenvalue weighted by atomic mass is 32.1. The Morgan fingerprint density at radius 2 is 1.90 bits per heavy atom. The van der Waals surface area contributed by atoms with Gasteiger partial charge in [-0.05, 0) is 54.1 Å². The number of carbonyl (C=O) groups is 1. The zero-order valence-corrected chi connectivity index (χ0v) is 17.3. The summed E-state index contributed by atoms with van der Waals surface area (Å²) in [5.74, 6) is 1.00. The first-order chi connectivity index (χ1) is 14.3. The van der Waals surface area contributed by atoms with Crippen LogP contribution >= 0.6 is 11.3 Å². The van der Waals surface area contributed by atoms with Crippen LogP contribution in [0, 0.1) is 0 Å². The lowest BCUT2D eigenvalue weighted by molar-refractivity contribution is 0.0669. The number of amides is 1. The lowest BCUT2D eigenvalue weighted by Crippen LogP contribution is -2.37. The maximum Gasteiger partial charge on any atom is 0.264 e. The first-order valence-corrected chi connectivity index (χ1v) is 11.1. The summed E-state index contributed by atoms with van der Waals surface area (Å²) in [7, 11) is 0. The predicted octanol–water partition coefficient (Wildman–Crippen LogP) is 5.35. The Morgan fingerprint density at radius 1 is 1.07 bits per heavy atom. The van der Waals surface area contributed by atoms with Crippen molar-refractivity contribution in [2.24, 2.45) is 0 Å². The summed E-state index contributed by atoms with van der Waals surface area (Å²) in [6, 6.07) is 18.3. The van der Waals surface area contributed by atoms with E-state index in [-0.39, 0.29) is 5.91 Å². The second-order valence-corrected chi connectivity index (χ2v) is 8.36. The molecule has 0 unspecified atom stereocenters. The number of hydrogen-bond acceptors (Lipinski definition) is 4. The number of carbonyl (C=O) groups excluding carboxylic acids is 1. The fourth-order valence-electron chi connectivity index (χ4n) is 3.83. The van der Waals surface area contributed by atoms with Crippen molar-refractivity contribution in [3.8, 4) is 5.75 Å². The summed E-state index contributed by atoms with van der Waals surface area (Å²) < 4.78 is 5.86. The average molecular weight is 407 g/mol. The van der Waals surface area contributed by atoms with E-state index in [0.717, 1.165) is 41.1 Å². The van der Waals surface area contributed by atoms with Crippen LogP contribution in [0.2, 0.25) is 0 Å². The van der Waals surface area contributed by atoms with Crippen LogP contribution < -0.4 is 4.74 Å². The molecule has 0 atom stereocenters. The van der Waals surface area contributed by atoms with Gasteiger partial charge < -0.3 is 9.64 Å². The molecule has 1 aromatic carbocycles. The molecule has 1 aliphatic rings. The average Bonchev–Trinajstić information content (AvgIpc) is 3.48. The van der Waals surface area contributed by atoms with Crippen LogP contribution in [-0.4, -0.2) is 28.4 Å². The number of thiophene rings is 1. The second kappa shape index (κ2) is 9.70. The molecule has 29 heavy (non-hydrogen) atoms. The smallest absolute Gasteiger partial charge is 0.264 e. The third kappa shape index (κ3) is 5.24. The Hall–Kier alpha value is -2.66. The zero-order chi connectivity index (χ0) is 19.9. The monoisotopic (exact) mass is 406 g/mol. The lowest BCUT2D eigenvalue weighted by atomic mass is 10.1. The fourth-order valence-corrected chi connectivity index (χ4v) is 4.51. The van der Waals surface area contributed by atoms with Crippen molar-refractivity contribution in [1.82, 2.24) is 9.88 Å². The van der Waals surface area contributed by atoms with Gasteiger partial charge in [0.1, 0.15) is 5.75 Å². The van der Waals surface area contributed by atoms with Crippen molar-refractivity contribution in [3.05, 3.63) is 82.3 Å². The molecule has 0 bridgehead atoms. The summed E-state index contributed by atoms with van der Waals surface area (Å²) in [4.78, 5) is 20.3. The summed E-state index contributed by atoms with van der Waals surface area (Å²) in [5, 5.41) is 1.97. The number of aromatic nitrogens is 1. The number of hydrogen-bond donors (Lipinski definition) is 0. The highest BCUT2D eigenvalue weighted by molar-refractivity contribution is 7.12. The molecular weight excluding hydrogens is 380 g/mol. The zero-order valence-electron chi connectivity index (χ0n) is 16.5. The standard InChI is InChI=1S/C24H26N2O2S/c27-24(23-9-5-17-29-23)26(21-7-1-2-8-21)18-19-10-12-22(13-11-19)28-16-14-20-6-3-4-15-25-20/h3-6,9-13,15,17,21H,1-2,7-8,14,16,18H2. The minimum Gasteiger partial charge on any atom is -0.493 e. The molecule has 150 valence electrons. The number of benzene rings is 1. The van der Waals surface area contributed by atoms with Gasteiger partial charge >= 0.3 is 0 Å². The summed E-state index contributed by atoms with van der Waals surface area (Å²) in [6.07, 6.45) is 7.21. The van der Waals surface area contributed by atoms with Crippen LogP contribution in [0.25, 0.3) is 0 Å². The molecule has 1 fully saturated rings. The molecule has 3 aromatic rings. The van der Waals surface area contributed by atoms with Gasteiger partial charge in [0.05, 0.1) is 11.5 Å². The number of rotatable bonds is 8. The van der Waals surface area contributed by atoms with E-state index in [1.807, 2.05) is 47.8 Å². The van der Waals surface area contributed by atoms with E-state index in [9.17, 15) is 4.79 Å². The van der Waals surface area contributed by atoms with E-state index in [4.69, 9.17) is 4.74 Å². The minimum atomic E-state index is 0.155. The first kappa shape index (κ1) is 19.6. The van der Waals surface area contributed by atoms with E-state index in [2.05, 4.69) is 22.0 Å². The van der Waals surface area contributed by atoms with E-state index in [1.165, 1.54) is 24.2 Å². The molecule has 1 aliphatic carbocycles. The Morgan fingerprint density at radius 3 is 2.59 bits per heavy atom. The van der Waals surface area contributed by atoms with Gasteiger partial charge in [-0.15, -0.1) is 11.3 Å². The van der Waals surface area contributed by atoms with Gasteiger partial charge in [0.25, 0.3) is 5.91 Å². The number of ether oxygens (including phenoxy) is 1. The molecule has 4 rings (SSSR count). The largest absolute Gasteiger partial charge is 0.493 e. The summed E-state index contributed by atoms with van der Waals surface area (Å²) >= 11 is 1.52. The van der Waals surface area contributed by atoms with Crippen molar-refractivity contribution in [2.45, 2.75) is 44.7 Å². The molecule has 1 saturated carbocycles. The lowest BCUT2D eigenvalue weighted by Gasteiger charge is -2.29. The number of pyridine rings is 1. The molecular formula is C24H26N2O2S. The molecule has 1 amide bonds. The van der Waals surface area contributed by atoms with Crippen molar-refractivity contribution >= 4 is 17.2 Å². The van der Waals surface area contributed by atoms with Gasteiger partial charge in [-0.1, -0.05) is 37.1 Å². The molecule has 0 saturated heterocycles. The van der Waals surface area contributed by atoms with Gasteiger partial charge in [-0.25, -0.2) is 0 Å². The summed E-state index contributed by atoms with van der Waals surface area (Å²) in [6.45, 7) is 1.25. The topological polar surface area (TPSA) is 42.4 Å². The molecule has 4 nitrogen and oxygen atoms in total. The van der Waals surface area contributed by atoms with Crippen LogP contribution in [0.4, 0.5) is 0 Å². The van der Waals surface area contributed by atoms with E-state index in [0.29, 0.717) is 19.2 Å². The van der Waals surface area contributed by atoms with E-state index in [1.54, 1.807) is 6.20 Å². The highest BCUT2D eigenvalue weighted by Gasteiger charge is 2.28. The Balaban J connectivity index is 1.37. The highest BCUT2D eigenvalue weighted by Crippen LogP contribution is 2.28. The Kier molecular flexibility index (Phi) is 6.57. The fraction of sp³-hybridized carbons (Fsp3) is 0.333. The van der Waals surface area contributed by atoms with Gasteiger partial charge in [0.2, 0.25) is 0 Å². The van der Waals surface area contributed by atoms with Crippen LogP contribution in [0.3, 0.4) is 0 Å². The van der Waals surface area contributed by atoms with Gasteiger partial charge in [-0.3, -0.25) is 9.78 Å². The van der Waals surface area contributed by atoms with Crippen LogP contribution in [0.15, 0.2) is 66.2 Å². The normalized spacial score (nSPS) is 14.1. The maximum absolute atomic E-state index is 13.0. The maximum atomic E-state index is 13.0. The Labute approximate surface area is 176 Å². The van der Waals surface area contributed by atoms with E-state index < -0.39 is 0 Å². The van der Waals surface area contributed by atoms with Gasteiger partial charge in [0, 0.05) is 30.9 Å². The first-order valence-electron chi connectivity index (χ1n) is 10.3. The minimum absolute atomic E-state index is 0.155. The van der Waals surface area contributed by atoms with E-state index >= 15 is 0 Å². The number of nitrogens with zero attached hydrogens (tertiary/aromatic N) is 2. The molecule has 0 aliphatic heterocycles. The Bertz CT molecular complexity index is 888. The van der Waals surface area contributed by atoms with Gasteiger partial charge in [-0.2, -0.15) is 0 Å². The SMILES string of the molecule is O=C(c1cccs1)N(Cc1ccc(OCCc2ccccn2)cc1)C1CCCC1. The third-order valence-electron chi connectivity index (χ3n) is 5.39. The van der Waals surface area contributed by atoms with Crippen LogP contribution in [0.5, 0.6) is 5.75 Å². The van der Waals surface area contributed by atoms with Crippen molar-refractivity contribution < 1.29 is 9.53 Å². The molecule has 5 heteroatoms. The van der Waals surface area contributed by atoms with Crippen molar-refractivity contribution in [3.63, 3.8) is 0 Å². The third-order valence-corrected chi connectivity index (χ3v) is 6.25. The predicted molar refractivity (Wildman–Crippen MR) is 116 cm³/mol. The van der Waals surface area contributed by atoms with Crippen LogP contribution in [-0.2, 0) is 13.0 Å². The second-order valence-electron chi connectivity index (χ2n) is 7.41. The molecule has 0 spiro atoms. The van der Waals surface area contributed by atoms with Crippen molar-refractivity contribution in [1.29, 1.82) is 0 Å².